The summed E-state index contributed by atoms with van der Waals surface area (Å²) < 4.78 is 0. The number of benzene rings is 1. The van der Waals surface area contributed by atoms with Gasteiger partial charge >= 0.3 is 0 Å². The van der Waals surface area contributed by atoms with Gasteiger partial charge in [-0.25, -0.2) is 0 Å². The molecule has 4 heteroatoms. The summed E-state index contributed by atoms with van der Waals surface area (Å²) in [6.45, 7) is 2.59. The van der Waals surface area contributed by atoms with Crippen LogP contribution in [0.25, 0.3) is 0 Å². The van der Waals surface area contributed by atoms with E-state index < -0.39 is 0 Å². The van der Waals surface area contributed by atoms with Crippen LogP contribution in [0.3, 0.4) is 0 Å². The van der Waals surface area contributed by atoms with Crippen molar-refractivity contribution in [3.8, 4) is 0 Å². The Morgan fingerprint density at radius 1 is 1.17 bits per heavy atom. The quantitative estimate of drug-likeness (QED) is 0.818. The minimum absolute atomic E-state index is 0.000450. The second-order valence-electron chi connectivity index (χ2n) is 4.75. The lowest BCUT2D eigenvalue weighted by atomic mass is 10.1. The summed E-state index contributed by atoms with van der Waals surface area (Å²) in [5, 5.41) is 5.42. The van der Waals surface area contributed by atoms with Gasteiger partial charge in [-0.2, -0.15) is 0 Å². The Morgan fingerprint density at radius 2 is 1.83 bits per heavy atom. The van der Waals surface area contributed by atoms with Gasteiger partial charge < -0.3 is 10.6 Å². The highest BCUT2D eigenvalue weighted by molar-refractivity contribution is 5.86. The molecule has 1 aliphatic carbocycles. The first-order valence-electron chi connectivity index (χ1n) is 6.25. The zero-order chi connectivity index (χ0) is 13.0. The van der Waals surface area contributed by atoms with Crippen molar-refractivity contribution >= 4 is 11.8 Å². The first-order valence-corrected chi connectivity index (χ1v) is 6.25. The minimum Gasteiger partial charge on any atom is -0.350 e. The fourth-order valence-electron chi connectivity index (χ4n) is 1.63. The topological polar surface area (TPSA) is 58.2 Å². The molecule has 18 heavy (non-hydrogen) atoms. The normalized spacial score (nSPS) is 14.1. The molecule has 0 bridgehead atoms. The molecule has 1 aliphatic rings. The van der Waals surface area contributed by atoms with Gasteiger partial charge in [0.05, 0.1) is 6.54 Å². The van der Waals surface area contributed by atoms with Crippen LogP contribution in [0.5, 0.6) is 0 Å². The lowest BCUT2D eigenvalue weighted by Crippen LogP contribution is -2.37. The summed E-state index contributed by atoms with van der Waals surface area (Å²) in [5.41, 5.74) is 2.25. The third-order valence-electron chi connectivity index (χ3n) is 2.98. The first-order chi connectivity index (χ1) is 8.65. The van der Waals surface area contributed by atoms with Gasteiger partial charge in [0.15, 0.2) is 0 Å². The largest absolute Gasteiger partial charge is 0.350 e. The maximum Gasteiger partial charge on any atom is 0.239 e. The lowest BCUT2D eigenvalue weighted by molar-refractivity contribution is -0.126. The Bertz CT molecular complexity index is 436. The molecule has 2 N–H and O–H groups in total. The molecular formula is C14H18N2O2. The van der Waals surface area contributed by atoms with Gasteiger partial charge in [-0.05, 0) is 25.3 Å². The SMILES string of the molecule is Cc1ccc(CNC(=O)CNC(=O)C2CC2)cc1. The van der Waals surface area contributed by atoms with Crippen molar-refractivity contribution in [2.45, 2.75) is 26.3 Å². The Kier molecular flexibility index (Phi) is 3.97. The maximum atomic E-state index is 11.5. The smallest absolute Gasteiger partial charge is 0.239 e. The van der Waals surface area contributed by atoms with E-state index in [0.717, 1.165) is 18.4 Å². The summed E-state index contributed by atoms with van der Waals surface area (Å²) in [6, 6.07) is 7.99. The highest BCUT2D eigenvalue weighted by Gasteiger charge is 2.29. The van der Waals surface area contributed by atoms with Gasteiger partial charge in [0.1, 0.15) is 0 Å². The molecule has 0 atom stereocenters. The van der Waals surface area contributed by atoms with Crippen molar-refractivity contribution < 1.29 is 9.59 Å². The Labute approximate surface area is 107 Å². The predicted octanol–water partition coefficient (Wildman–Crippen LogP) is 1.14. The number of carbonyl (C=O) groups is 2. The third-order valence-corrected chi connectivity index (χ3v) is 2.98. The van der Waals surface area contributed by atoms with E-state index >= 15 is 0 Å². The van der Waals surface area contributed by atoms with Crippen molar-refractivity contribution in [3.63, 3.8) is 0 Å². The molecule has 2 amide bonds. The number of carbonyl (C=O) groups excluding carboxylic acids is 2. The van der Waals surface area contributed by atoms with Crippen LogP contribution in [0.15, 0.2) is 24.3 Å². The maximum absolute atomic E-state index is 11.5. The Morgan fingerprint density at radius 3 is 2.44 bits per heavy atom. The number of aryl methyl sites for hydroxylation is 1. The molecule has 0 spiro atoms. The van der Waals surface area contributed by atoms with Crippen LogP contribution in [0, 0.1) is 12.8 Å². The summed E-state index contributed by atoms with van der Waals surface area (Å²) in [4.78, 5) is 22.8. The second kappa shape index (κ2) is 5.67. The van der Waals surface area contributed by atoms with E-state index in [1.54, 1.807) is 0 Å². The highest BCUT2D eigenvalue weighted by Crippen LogP contribution is 2.28. The van der Waals surface area contributed by atoms with Crippen LogP contribution >= 0.6 is 0 Å². The van der Waals surface area contributed by atoms with Crippen molar-refractivity contribution in [3.05, 3.63) is 35.4 Å². The molecule has 0 heterocycles. The summed E-state index contributed by atoms with van der Waals surface area (Å²) >= 11 is 0. The van der Waals surface area contributed by atoms with Crippen LogP contribution in [0.4, 0.5) is 0 Å². The van der Waals surface area contributed by atoms with E-state index in [2.05, 4.69) is 10.6 Å². The second-order valence-corrected chi connectivity index (χ2v) is 4.75. The molecule has 0 unspecified atom stereocenters. The molecule has 96 valence electrons. The number of nitrogens with one attached hydrogen (secondary N) is 2. The number of amides is 2. The Balaban J connectivity index is 1.67. The molecule has 4 nitrogen and oxygen atoms in total. The van der Waals surface area contributed by atoms with E-state index in [1.807, 2.05) is 31.2 Å². The van der Waals surface area contributed by atoms with Crippen LogP contribution in [-0.2, 0) is 16.1 Å². The van der Waals surface area contributed by atoms with Crippen LogP contribution < -0.4 is 10.6 Å². The van der Waals surface area contributed by atoms with Gasteiger partial charge in [-0.1, -0.05) is 29.8 Å². The molecule has 0 aliphatic heterocycles. The van der Waals surface area contributed by atoms with Gasteiger partial charge in [0.2, 0.25) is 11.8 Å². The summed E-state index contributed by atoms with van der Waals surface area (Å²) in [7, 11) is 0. The Hall–Kier alpha value is -1.84. The summed E-state index contributed by atoms with van der Waals surface area (Å²) in [6.07, 6.45) is 1.91. The standard InChI is InChI=1S/C14H18N2O2/c1-10-2-4-11(5-3-10)8-15-13(17)9-16-14(18)12-6-7-12/h2-5,12H,6-9H2,1H3,(H,15,17)(H,16,18). The number of rotatable bonds is 5. The van der Waals surface area contributed by atoms with E-state index in [4.69, 9.17) is 0 Å². The minimum atomic E-state index is -0.149. The van der Waals surface area contributed by atoms with Crippen LogP contribution in [-0.4, -0.2) is 18.4 Å². The van der Waals surface area contributed by atoms with Crippen molar-refractivity contribution in [1.29, 1.82) is 0 Å². The average Bonchev–Trinajstić information content (AvgIpc) is 3.19. The van der Waals surface area contributed by atoms with Gasteiger partial charge in [0.25, 0.3) is 0 Å². The molecule has 1 saturated carbocycles. The number of hydrogen-bond donors (Lipinski definition) is 2. The van der Waals surface area contributed by atoms with Gasteiger partial charge in [-0.3, -0.25) is 9.59 Å². The van der Waals surface area contributed by atoms with Crippen molar-refractivity contribution in [2.24, 2.45) is 5.92 Å². The zero-order valence-corrected chi connectivity index (χ0v) is 10.5. The molecule has 1 aromatic rings. The molecule has 2 rings (SSSR count). The summed E-state index contributed by atoms with van der Waals surface area (Å²) in [5.74, 6) is -0.0000375. The van der Waals surface area contributed by atoms with Gasteiger partial charge in [0, 0.05) is 12.5 Å². The van der Waals surface area contributed by atoms with E-state index in [1.165, 1.54) is 5.56 Å². The molecule has 0 aromatic heterocycles. The van der Waals surface area contributed by atoms with Crippen LogP contribution in [0.2, 0.25) is 0 Å². The van der Waals surface area contributed by atoms with Crippen molar-refractivity contribution in [1.82, 2.24) is 10.6 Å². The molecular weight excluding hydrogens is 228 g/mol. The van der Waals surface area contributed by atoms with Crippen molar-refractivity contribution in [2.75, 3.05) is 6.54 Å². The molecule has 0 saturated heterocycles. The molecule has 0 radical (unpaired) electrons. The van der Waals surface area contributed by atoms with Gasteiger partial charge in [-0.15, -0.1) is 0 Å². The zero-order valence-electron chi connectivity index (χ0n) is 10.5. The number of hydrogen-bond acceptors (Lipinski definition) is 2. The van der Waals surface area contributed by atoms with E-state index in [9.17, 15) is 9.59 Å². The highest BCUT2D eigenvalue weighted by atomic mass is 16.2. The van der Waals surface area contributed by atoms with E-state index in [-0.39, 0.29) is 24.3 Å². The van der Waals surface area contributed by atoms with E-state index in [0.29, 0.717) is 6.54 Å². The molecule has 1 fully saturated rings. The van der Waals surface area contributed by atoms with Crippen LogP contribution in [0.1, 0.15) is 24.0 Å². The fourth-order valence-corrected chi connectivity index (χ4v) is 1.63. The lowest BCUT2D eigenvalue weighted by Gasteiger charge is -2.07. The molecule has 1 aromatic carbocycles. The predicted molar refractivity (Wildman–Crippen MR) is 68.8 cm³/mol. The third kappa shape index (κ3) is 3.87. The monoisotopic (exact) mass is 246 g/mol. The fraction of sp³-hybridized carbons (Fsp3) is 0.429. The first kappa shape index (κ1) is 12.6. The average molecular weight is 246 g/mol.